The van der Waals surface area contributed by atoms with Crippen molar-refractivity contribution in [2.45, 2.75) is 0 Å². The number of rotatable bonds is 1. The normalized spacial score (nSPS) is 12.4. The van der Waals surface area contributed by atoms with E-state index in [1.54, 1.807) is 0 Å². The Bertz CT molecular complexity index is 262. The van der Waals surface area contributed by atoms with E-state index in [0.717, 1.165) is 5.30 Å². The Kier molecular flexibility index (Phi) is 7.57. The largest absolute Gasteiger partial charge is 0.281 e. The van der Waals surface area contributed by atoms with Gasteiger partial charge >= 0.3 is 76.8 Å². The van der Waals surface area contributed by atoms with Crippen molar-refractivity contribution in [2.75, 3.05) is 13.3 Å². The molecular formula is C9H11Cl2OPPt. The molecule has 1 nitrogen and oxygen atoms in total. The molecule has 0 N–H and O–H groups in total. The third-order valence-electron chi connectivity index (χ3n) is 1.47. The molecule has 0 bridgehead atoms. The summed E-state index contributed by atoms with van der Waals surface area (Å²) >= 11 is 12.4. The van der Waals surface area contributed by atoms with Crippen molar-refractivity contribution < 1.29 is 25.9 Å². The quantitative estimate of drug-likeness (QED) is 0.624. The number of carbonyl (C=O) groups excluding carboxylic acids is 1. The molecule has 0 aliphatic rings. The van der Waals surface area contributed by atoms with Crippen molar-refractivity contribution in [3.8, 4) is 0 Å². The molecule has 0 saturated heterocycles. The van der Waals surface area contributed by atoms with Crippen LogP contribution in [0.5, 0.6) is 0 Å². The maximum absolute atomic E-state index is 7.50. The molecule has 0 aromatic heterocycles. The van der Waals surface area contributed by atoms with Crippen LogP contribution in [-0.4, -0.2) is 20.1 Å². The van der Waals surface area contributed by atoms with E-state index in [2.05, 4.69) is 6.79 Å². The van der Waals surface area contributed by atoms with Crippen LogP contribution < -0.4 is 5.30 Å². The van der Waals surface area contributed by atoms with Crippen molar-refractivity contribution in [3.63, 3.8) is 0 Å². The van der Waals surface area contributed by atoms with Gasteiger partial charge < -0.3 is 0 Å². The molecule has 0 aliphatic heterocycles. The molecule has 0 amide bonds. The van der Waals surface area contributed by atoms with Crippen molar-refractivity contribution in [3.05, 3.63) is 30.3 Å². The molecule has 0 aliphatic carbocycles. The molecule has 1 rings (SSSR count). The second-order valence-electron chi connectivity index (χ2n) is 3.14. The van der Waals surface area contributed by atoms with Crippen molar-refractivity contribution in [2.24, 2.45) is 0 Å². The minimum atomic E-state index is -2.55. The predicted octanol–water partition coefficient (Wildman–Crippen LogP) is 3.03. The standard InChI is InChI=1S/C8H11Cl2P.CO.Pt/c1-11(2,9,10)8-6-4-3-5-7-8;1-2;/h3-7H,1-2H3;;. The van der Waals surface area contributed by atoms with Gasteiger partial charge in [0.15, 0.2) is 0 Å². The van der Waals surface area contributed by atoms with E-state index in [1.807, 2.05) is 43.7 Å². The molecule has 5 heteroatoms. The molecule has 2 radical (unpaired) electrons. The molecule has 0 atom stereocenters. The zero-order chi connectivity index (χ0) is 10.6. The zero-order valence-electron chi connectivity index (χ0n) is 7.81. The number of halogens is 2. The van der Waals surface area contributed by atoms with Crippen LogP contribution >= 0.6 is 27.8 Å². The van der Waals surface area contributed by atoms with Gasteiger partial charge in [-0.2, -0.15) is 0 Å². The van der Waals surface area contributed by atoms with E-state index in [-0.39, 0.29) is 21.1 Å². The van der Waals surface area contributed by atoms with E-state index >= 15 is 0 Å². The SMILES string of the molecule is CP(C)(Cl)(Cl)c1ccccc1.[C]=O.[Pt]. The topological polar surface area (TPSA) is 17.1 Å². The fourth-order valence-electron chi connectivity index (χ4n) is 0.839. The maximum Gasteiger partial charge on any atom is 0.281 e. The van der Waals surface area contributed by atoms with Crippen LogP contribution in [-0.2, 0) is 25.9 Å². The van der Waals surface area contributed by atoms with Gasteiger partial charge in [-0.25, -0.2) is 0 Å². The van der Waals surface area contributed by atoms with Gasteiger partial charge in [0.1, 0.15) is 0 Å². The van der Waals surface area contributed by atoms with Crippen LogP contribution in [0.25, 0.3) is 0 Å². The van der Waals surface area contributed by atoms with Crippen LogP contribution in [0.4, 0.5) is 0 Å². The van der Waals surface area contributed by atoms with Crippen molar-refractivity contribution in [1.82, 2.24) is 0 Å². The Morgan fingerprint density at radius 3 is 1.64 bits per heavy atom. The predicted molar refractivity (Wildman–Crippen MR) is 62.2 cm³/mol. The van der Waals surface area contributed by atoms with Gasteiger partial charge in [-0.1, -0.05) is 0 Å². The van der Waals surface area contributed by atoms with Gasteiger partial charge in [-0.15, -0.1) is 0 Å². The van der Waals surface area contributed by atoms with Crippen molar-refractivity contribution >= 4 is 39.9 Å². The minimum absolute atomic E-state index is 0. The summed E-state index contributed by atoms with van der Waals surface area (Å²) in [7, 11) is 0. The Hall–Kier alpha value is 0.588. The number of hydrogen-bond donors (Lipinski definition) is 0. The smallest absolute Gasteiger partial charge is 0.281 e. The fourth-order valence-corrected chi connectivity index (χ4v) is 2.51. The molecule has 1 aromatic carbocycles. The molecular weight excluding hydrogens is 421 g/mol. The van der Waals surface area contributed by atoms with Gasteiger partial charge in [0.2, 0.25) is 0 Å². The summed E-state index contributed by atoms with van der Waals surface area (Å²) in [4.78, 5) is 7.50. The fraction of sp³-hybridized carbons (Fsp3) is 0.222. The average molecular weight is 432 g/mol. The third kappa shape index (κ3) is 6.14. The summed E-state index contributed by atoms with van der Waals surface area (Å²) < 4.78 is 0. The van der Waals surface area contributed by atoms with Crippen LogP contribution in [0.1, 0.15) is 0 Å². The van der Waals surface area contributed by atoms with Crippen LogP contribution in [0.3, 0.4) is 0 Å². The van der Waals surface area contributed by atoms with E-state index in [1.165, 1.54) is 0 Å². The number of benzene rings is 1. The first-order chi connectivity index (χ1) is 5.86. The first kappa shape index (κ1) is 17.0. The molecule has 14 heavy (non-hydrogen) atoms. The van der Waals surface area contributed by atoms with Crippen LogP contribution in [0.15, 0.2) is 30.3 Å². The van der Waals surface area contributed by atoms with E-state index in [9.17, 15) is 0 Å². The second kappa shape index (κ2) is 6.23. The molecule has 0 saturated carbocycles. The molecule has 0 spiro atoms. The van der Waals surface area contributed by atoms with Crippen LogP contribution in [0.2, 0.25) is 0 Å². The van der Waals surface area contributed by atoms with E-state index in [4.69, 9.17) is 27.3 Å². The Labute approximate surface area is 109 Å². The summed E-state index contributed by atoms with van der Waals surface area (Å²) in [6.45, 7) is 8.31. The Morgan fingerprint density at radius 2 is 1.43 bits per heavy atom. The Morgan fingerprint density at radius 1 is 1.07 bits per heavy atom. The van der Waals surface area contributed by atoms with Gasteiger partial charge in [0.05, 0.1) is 0 Å². The van der Waals surface area contributed by atoms with Gasteiger partial charge in [-0.05, 0) is 0 Å². The summed E-state index contributed by atoms with van der Waals surface area (Å²) in [6, 6.07) is 9.80. The first-order valence-corrected chi connectivity index (χ1v) is 8.51. The summed E-state index contributed by atoms with van der Waals surface area (Å²) in [6.07, 6.45) is 0. The van der Waals surface area contributed by atoms with Gasteiger partial charge in [0.25, 0.3) is 6.79 Å². The van der Waals surface area contributed by atoms with E-state index < -0.39 is 5.31 Å². The first-order valence-electron chi connectivity index (χ1n) is 3.57. The maximum atomic E-state index is 7.50. The molecule has 0 unspecified atom stereocenters. The average Bonchev–Trinajstić information content (AvgIpc) is 2.07. The molecule has 82 valence electrons. The summed E-state index contributed by atoms with van der Waals surface area (Å²) in [5.74, 6) is 0. The molecule has 0 heterocycles. The van der Waals surface area contributed by atoms with Gasteiger partial charge in [-0.3, -0.25) is 4.79 Å². The summed E-state index contributed by atoms with van der Waals surface area (Å²) in [5, 5.41) is -1.50. The molecule has 0 fully saturated rings. The van der Waals surface area contributed by atoms with Crippen LogP contribution in [0, 0.1) is 0 Å². The summed E-state index contributed by atoms with van der Waals surface area (Å²) in [5.41, 5.74) is 0. The van der Waals surface area contributed by atoms with E-state index in [0.29, 0.717) is 0 Å². The third-order valence-corrected chi connectivity index (χ3v) is 4.36. The van der Waals surface area contributed by atoms with Crippen molar-refractivity contribution in [1.29, 1.82) is 0 Å². The second-order valence-corrected chi connectivity index (χ2v) is 13.9. The van der Waals surface area contributed by atoms with Gasteiger partial charge in [0, 0.05) is 21.1 Å². The Balaban J connectivity index is 0. The monoisotopic (exact) mass is 431 g/mol. The minimum Gasteiger partial charge on any atom is -0.281 e. The number of hydrogen-bond acceptors (Lipinski definition) is 1. The molecule has 1 aromatic rings. The zero-order valence-corrected chi connectivity index (χ0v) is 12.5.